The number of oxime groups is 2. The second-order valence-corrected chi connectivity index (χ2v) is 7.71. The maximum atomic E-state index is 11.0. The minimum absolute atomic E-state index is 0.00189. The van der Waals surface area contributed by atoms with Crippen molar-refractivity contribution in [2.45, 2.75) is 58.3 Å². The SMILES string of the molecule is COC(CNC(C)(C)/C(C)=N/O)CNC(C)(C)/C(Cn1ccnc1[N+](=O)[O-])=N/O. The molecule has 0 bridgehead atoms. The summed E-state index contributed by atoms with van der Waals surface area (Å²) in [5.41, 5.74) is -0.455. The average molecular weight is 413 g/mol. The molecule has 12 nitrogen and oxygen atoms in total. The Labute approximate surface area is 169 Å². The molecule has 0 aliphatic carbocycles. The highest BCUT2D eigenvalue weighted by Gasteiger charge is 2.30. The highest BCUT2D eigenvalue weighted by atomic mass is 16.6. The van der Waals surface area contributed by atoms with E-state index in [1.54, 1.807) is 27.9 Å². The maximum absolute atomic E-state index is 11.0. The van der Waals surface area contributed by atoms with E-state index >= 15 is 0 Å². The minimum Gasteiger partial charge on any atom is -0.411 e. The van der Waals surface area contributed by atoms with Crippen molar-refractivity contribution < 1.29 is 20.1 Å². The summed E-state index contributed by atoms with van der Waals surface area (Å²) >= 11 is 0. The van der Waals surface area contributed by atoms with Crippen molar-refractivity contribution >= 4 is 17.4 Å². The van der Waals surface area contributed by atoms with Crippen LogP contribution >= 0.6 is 0 Å². The minimum atomic E-state index is -0.776. The number of hydrogen-bond acceptors (Lipinski definition) is 10. The van der Waals surface area contributed by atoms with Gasteiger partial charge in [0.15, 0.2) is 0 Å². The van der Waals surface area contributed by atoms with Gasteiger partial charge >= 0.3 is 5.95 Å². The second-order valence-electron chi connectivity index (χ2n) is 7.71. The van der Waals surface area contributed by atoms with Crippen LogP contribution in [0.3, 0.4) is 0 Å². The molecule has 1 aromatic rings. The number of rotatable bonds is 12. The lowest BCUT2D eigenvalue weighted by Gasteiger charge is -2.31. The van der Waals surface area contributed by atoms with Crippen molar-refractivity contribution in [3.8, 4) is 0 Å². The molecule has 0 saturated carbocycles. The van der Waals surface area contributed by atoms with Crippen molar-refractivity contribution in [2.75, 3.05) is 20.2 Å². The normalized spacial score (nSPS) is 14.8. The number of nitrogens with one attached hydrogen (secondary N) is 2. The van der Waals surface area contributed by atoms with E-state index < -0.39 is 16.0 Å². The highest BCUT2D eigenvalue weighted by molar-refractivity contribution is 5.92. The van der Waals surface area contributed by atoms with E-state index in [0.717, 1.165) is 0 Å². The van der Waals surface area contributed by atoms with Crippen LogP contribution in [0.15, 0.2) is 22.7 Å². The first kappa shape index (κ1) is 24.5. The van der Waals surface area contributed by atoms with Gasteiger partial charge in [0.25, 0.3) is 0 Å². The number of nitro groups is 1. The summed E-state index contributed by atoms with van der Waals surface area (Å²) in [6.45, 7) is 9.98. The van der Waals surface area contributed by atoms with E-state index in [2.05, 4.69) is 25.9 Å². The zero-order valence-corrected chi connectivity index (χ0v) is 17.7. The molecule has 0 spiro atoms. The summed E-state index contributed by atoms with van der Waals surface area (Å²) in [6.07, 6.45) is 2.54. The third-order valence-electron chi connectivity index (χ3n) is 4.95. The molecule has 12 heteroatoms. The van der Waals surface area contributed by atoms with Gasteiger partial charge in [-0.3, -0.25) is 0 Å². The Bertz CT molecular complexity index is 742. The number of ether oxygens (including phenoxy) is 1. The fraction of sp³-hybridized carbons (Fsp3) is 0.706. The van der Waals surface area contributed by atoms with Crippen LogP contribution < -0.4 is 10.6 Å². The largest absolute Gasteiger partial charge is 0.434 e. The van der Waals surface area contributed by atoms with E-state index in [4.69, 9.17) is 9.94 Å². The van der Waals surface area contributed by atoms with Crippen LogP contribution in [0.4, 0.5) is 5.95 Å². The van der Waals surface area contributed by atoms with Gasteiger partial charge in [0.05, 0.1) is 22.9 Å². The average Bonchev–Trinajstić information content (AvgIpc) is 3.13. The Kier molecular flexibility index (Phi) is 8.67. The highest BCUT2D eigenvalue weighted by Crippen LogP contribution is 2.13. The first-order valence-electron chi connectivity index (χ1n) is 9.07. The van der Waals surface area contributed by atoms with E-state index in [1.807, 2.05) is 13.8 Å². The van der Waals surface area contributed by atoms with Gasteiger partial charge in [-0.2, -0.15) is 0 Å². The number of nitrogens with zero attached hydrogens (tertiary/aromatic N) is 5. The Morgan fingerprint density at radius 2 is 1.86 bits per heavy atom. The van der Waals surface area contributed by atoms with Gasteiger partial charge < -0.3 is 35.9 Å². The Hall–Kier alpha value is -2.57. The summed E-state index contributed by atoms with van der Waals surface area (Å²) in [5, 5.41) is 42.6. The molecule has 4 N–H and O–H groups in total. The first-order chi connectivity index (χ1) is 13.5. The monoisotopic (exact) mass is 413 g/mol. The van der Waals surface area contributed by atoms with Gasteiger partial charge in [-0.25, -0.2) is 4.57 Å². The predicted octanol–water partition coefficient (Wildman–Crippen LogP) is 1.22. The van der Waals surface area contributed by atoms with E-state index in [0.29, 0.717) is 24.5 Å². The van der Waals surface area contributed by atoms with E-state index in [9.17, 15) is 15.3 Å². The molecule has 0 aliphatic heterocycles. The molecule has 0 aliphatic rings. The molecule has 29 heavy (non-hydrogen) atoms. The van der Waals surface area contributed by atoms with Crippen LogP contribution in [0.25, 0.3) is 0 Å². The molecular weight excluding hydrogens is 382 g/mol. The molecule has 1 atom stereocenters. The molecule has 0 saturated heterocycles. The summed E-state index contributed by atoms with van der Waals surface area (Å²) in [5.74, 6) is -0.330. The van der Waals surface area contributed by atoms with Gasteiger partial charge in [-0.1, -0.05) is 15.3 Å². The smallest absolute Gasteiger partial charge is 0.411 e. The Morgan fingerprint density at radius 1 is 1.28 bits per heavy atom. The zero-order chi connectivity index (χ0) is 22.2. The van der Waals surface area contributed by atoms with Crippen molar-refractivity contribution in [1.29, 1.82) is 0 Å². The number of aromatic nitrogens is 2. The van der Waals surface area contributed by atoms with E-state index in [-0.39, 0.29) is 18.6 Å². The lowest BCUT2D eigenvalue weighted by molar-refractivity contribution is -0.396. The number of methoxy groups -OCH3 is 1. The quantitative estimate of drug-likeness (QED) is 0.172. The van der Waals surface area contributed by atoms with Crippen molar-refractivity contribution in [3.05, 3.63) is 22.5 Å². The number of imidazole rings is 1. The Balaban J connectivity index is 2.75. The van der Waals surface area contributed by atoms with Crippen LogP contribution in [-0.4, -0.2) is 73.7 Å². The van der Waals surface area contributed by atoms with Gasteiger partial charge in [0.1, 0.15) is 24.7 Å². The molecule has 1 unspecified atom stereocenters. The van der Waals surface area contributed by atoms with Gasteiger partial charge in [-0.15, -0.1) is 0 Å². The van der Waals surface area contributed by atoms with E-state index in [1.165, 1.54) is 17.0 Å². The van der Waals surface area contributed by atoms with Crippen LogP contribution in [0, 0.1) is 10.1 Å². The van der Waals surface area contributed by atoms with Crippen LogP contribution in [0.1, 0.15) is 34.6 Å². The van der Waals surface area contributed by atoms with Crippen molar-refractivity contribution in [1.82, 2.24) is 20.2 Å². The third-order valence-corrected chi connectivity index (χ3v) is 4.95. The van der Waals surface area contributed by atoms with Crippen molar-refractivity contribution in [2.24, 2.45) is 10.3 Å². The fourth-order valence-electron chi connectivity index (χ4n) is 2.44. The van der Waals surface area contributed by atoms with Crippen molar-refractivity contribution in [3.63, 3.8) is 0 Å². The molecular formula is C17H31N7O5. The van der Waals surface area contributed by atoms with Crippen LogP contribution in [0.5, 0.6) is 0 Å². The molecule has 0 fully saturated rings. The summed E-state index contributed by atoms with van der Waals surface area (Å²) in [4.78, 5) is 14.1. The predicted molar refractivity (Wildman–Crippen MR) is 108 cm³/mol. The maximum Gasteiger partial charge on any atom is 0.434 e. The summed E-state index contributed by atoms with van der Waals surface area (Å²) < 4.78 is 6.79. The second kappa shape index (κ2) is 10.3. The van der Waals surface area contributed by atoms with Crippen LogP contribution in [0.2, 0.25) is 0 Å². The molecule has 0 radical (unpaired) electrons. The molecule has 0 aromatic carbocycles. The zero-order valence-electron chi connectivity index (χ0n) is 17.7. The molecule has 164 valence electrons. The molecule has 1 aromatic heterocycles. The Morgan fingerprint density at radius 3 is 2.34 bits per heavy atom. The van der Waals surface area contributed by atoms with Gasteiger partial charge in [-0.05, 0) is 39.5 Å². The topological polar surface area (TPSA) is 159 Å². The lowest BCUT2D eigenvalue weighted by Crippen LogP contribution is -2.54. The third kappa shape index (κ3) is 6.76. The van der Waals surface area contributed by atoms with Gasteiger partial charge in [0.2, 0.25) is 0 Å². The first-order valence-corrected chi connectivity index (χ1v) is 9.07. The molecule has 0 amide bonds. The fourth-order valence-corrected chi connectivity index (χ4v) is 2.44. The van der Waals surface area contributed by atoms with Crippen LogP contribution in [-0.2, 0) is 11.3 Å². The summed E-state index contributed by atoms with van der Waals surface area (Å²) in [7, 11) is 1.58. The number of hydrogen-bond donors (Lipinski definition) is 4. The lowest BCUT2D eigenvalue weighted by atomic mass is 9.97. The van der Waals surface area contributed by atoms with Gasteiger partial charge in [0, 0.05) is 20.2 Å². The molecule has 1 heterocycles. The standard InChI is InChI=1S/C17H31N7O5/c1-12(21-25)16(2,3)19-9-13(29-6)10-20-17(4,5)14(22-26)11-23-8-7-18-15(23)24(27)28/h7-8,13,19-20,25-26H,9-11H2,1-6H3/b21-12+,22-14+. The summed E-state index contributed by atoms with van der Waals surface area (Å²) in [6, 6.07) is 0. The molecule has 1 rings (SSSR count).